The Morgan fingerprint density at radius 3 is 2.54 bits per heavy atom. The van der Waals surface area contributed by atoms with Gasteiger partial charge in [0, 0.05) is 11.4 Å². The average Bonchev–Trinajstić information content (AvgIpc) is 3.10. The van der Waals surface area contributed by atoms with Crippen molar-refractivity contribution in [1.82, 2.24) is 4.90 Å². The molecule has 0 unspecified atom stereocenters. The summed E-state index contributed by atoms with van der Waals surface area (Å²) in [6, 6.07) is 12.0. The van der Waals surface area contributed by atoms with Crippen molar-refractivity contribution in [3.63, 3.8) is 0 Å². The fourth-order valence-corrected chi connectivity index (χ4v) is 6.64. The van der Waals surface area contributed by atoms with E-state index in [2.05, 4.69) is 12.1 Å². The summed E-state index contributed by atoms with van der Waals surface area (Å²) in [6.45, 7) is 3.25. The third kappa shape index (κ3) is 5.59. The molecule has 1 aromatic carbocycles. The lowest BCUT2D eigenvalue weighted by Gasteiger charge is -2.22. The zero-order valence-electron chi connectivity index (χ0n) is 14.7. The summed E-state index contributed by atoms with van der Waals surface area (Å²) in [4.78, 5) is 15.3. The summed E-state index contributed by atoms with van der Waals surface area (Å²) in [5.74, 6) is 3.18. The molecule has 1 aliphatic rings. The normalized spacial score (nSPS) is 15.0. The minimum absolute atomic E-state index is 0.0144. The Bertz CT molecular complexity index is 714. The number of rotatable bonds is 7. The average molecular weight is 428 g/mol. The van der Waals surface area contributed by atoms with Gasteiger partial charge in [0.1, 0.15) is 5.75 Å². The monoisotopic (exact) mass is 427 g/mol. The SMILES string of the molecule is CCN(Cc1ccc(Cl)s1)C(=O)COc1ccc(C2SCCCS2)cc1. The van der Waals surface area contributed by atoms with Crippen molar-refractivity contribution in [3.05, 3.63) is 51.2 Å². The van der Waals surface area contributed by atoms with E-state index in [-0.39, 0.29) is 12.5 Å². The molecule has 2 aromatic rings. The number of ether oxygens (including phenoxy) is 1. The minimum Gasteiger partial charge on any atom is -0.484 e. The van der Waals surface area contributed by atoms with Crippen LogP contribution in [0.2, 0.25) is 4.34 Å². The maximum absolute atomic E-state index is 12.4. The van der Waals surface area contributed by atoms with Gasteiger partial charge in [0.15, 0.2) is 6.61 Å². The number of carbonyl (C=O) groups is 1. The van der Waals surface area contributed by atoms with Crippen LogP contribution in [0.4, 0.5) is 0 Å². The first-order valence-electron chi connectivity index (χ1n) is 8.63. The van der Waals surface area contributed by atoms with Crippen LogP contribution >= 0.6 is 46.5 Å². The number of likely N-dealkylation sites (N-methyl/N-ethyl adjacent to an activating group) is 1. The molecular weight excluding hydrogens is 406 g/mol. The number of nitrogens with zero attached hydrogens (tertiary/aromatic N) is 1. The number of amides is 1. The molecule has 1 fully saturated rings. The highest BCUT2D eigenvalue weighted by molar-refractivity contribution is 8.16. The third-order valence-electron chi connectivity index (χ3n) is 4.05. The highest BCUT2D eigenvalue weighted by Crippen LogP contribution is 2.43. The van der Waals surface area contributed by atoms with E-state index < -0.39 is 0 Å². The van der Waals surface area contributed by atoms with Gasteiger partial charge in [-0.3, -0.25) is 4.79 Å². The van der Waals surface area contributed by atoms with Crippen molar-refractivity contribution >= 4 is 52.4 Å². The molecule has 1 aliphatic heterocycles. The van der Waals surface area contributed by atoms with Crippen LogP contribution in [0, 0.1) is 0 Å². The van der Waals surface area contributed by atoms with E-state index in [1.54, 1.807) is 4.90 Å². The molecule has 140 valence electrons. The van der Waals surface area contributed by atoms with Crippen molar-refractivity contribution in [2.24, 2.45) is 0 Å². The van der Waals surface area contributed by atoms with Gasteiger partial charge in [-0.25, -0.2) is 0 Å². The third-order valence-corrected chi connectivity index (χ3v) is 8.28. The lowest BCUT2D eigenvalue weighted by molar-refractivity contribution is -0.133. The molecule has 0 spiro atoms. The predicted octanol–water partition coefficient (Wildman–Crippen LogP) is 5.70. The summed E-state index contributed by atoms with van der Waals surface area (Å²) in [5.41, 5.74) is 1.32. The number of benzene rings is 1. The first kappa shape index (κ1) is 19.9. The van der Waals surface area contributed by atoms with Gasteiger partial charge in [-0.15, -0.1) is 34.9 Å². The Labute approximate surface area is 172 Å². The Morgan fingerprint density at radius 2 is 1.92 bits per heavy atom. The second-order valence-corrected chi connectivity index (χ2v) is 10.4. The molecular formula is C19H22ClNO2S3. The molecule has 0 aliphatic carbocycles. The van der Waals surface area contributed by atoms with Gasteiger partial charge in [0.2, 0.25) is 0 Å². The molecule has 7 heteroatoms. The predicted molar refractivity (Wildman–Crippen MR) is 115 cm³/mol. The molecule has 0 N–H and O–H groups in total. The van der Waals surface area contributed by atoms with Crippen molar-refractivity contribution < 1.29 is 9.53 Å². The zero-order chi connectivity index (χ0) is 18.4. The van der Waals surface area contributed by atoms with Crippen LogP contribution in [0.1, 0.15) is 28.4 Å². The molecule has 3 rings (SSSR count). The fourth-order valence-electron chi connectivity index (χ4n) is 2.64. The number of hydrogen-bond donors (Lipinski definition) is 0. The Balaban J connectivity index is 1.51. The Kier molecular flexibility index (Phi) is 7.61. The Morgan fingerprint density at radius 1 is 1.19 bits per heavy atom. The van der Waals surface area contributed by atoms with Gasteiger partial charge in [-0.05, 0) is 54.7 Å². The standard InChI is InChI=1S/C19H22ClNO2S3/c1-2-21(12-16-8-9-17(20)26-16)18(22)13-23-15-6-4-14(5-7-15)19-24-10-3-11-25-19/h4-9,19H,2-3,10-13H2,1H3. The van der Waals surface area contributed by atoms with E-state index in [0.717, 1.165) is 15.0 Å². The number of thiophene rings is 1. The second-order valence-electron chi connectivity index (χ2n) is 5.90. The smallest absolute Gasteiger partial charge is 0.260 e. The van der Waals surface area contributed by atoms with E-state index in [1.165, 1.54) is 34.8 Å². The Hall–Kier alpha value is -0.820. The van der Waals surface area contributed by atoms with Crippen LogP contribution in [0.25, 0.3) is 0 Å². The van der Waals surface area contributed by atoms with Gasteiger partial charge >= 0.3 is 0 Å². The lowest BCUT2D eigenvalue weighted by Crippen LogP contribution is -2.34. The van der Waals surface area contributed by atoms with Gasteiger partial charge in [-0.2, -0.15) is 0 Å². The van der Waals surface area contributed by atoms with E-state index >= 15 is 0 Å². The number of halogens is 1. The topological polar surface area (TPSA) is 29.5 Å². The van der Waals surface area contributed by atoms with Crippen LogP contribution < -0.4 is 4.74 Å². The van der Waals surface area contributed by atoms with Crippen LogP contribution in [0.3, 0.4) is 0 Å². The highest BCUT2D eigenvalue weighted by Gasteiger charge is 2.17. The number of thioether (sulfide) groups is 2. The van der Waals surface area contributed by atoms with Crippen LogP contribution in [0.15, 0.2) is 36.4 Å². The highest BCUT2D eigenvalue weighted by atomic mass is 35.5. The van der Waals surface area contributed by atoms with Gasteiger partial charge in [0.05, 0.1) is 15.5 Å². The molecule has 1 saturated heterocycles. The first-order valence-corrected chi connectivity index (χ1v) is 11.9. The molecule has 1 aromatic heterocycles. The number of hydrogen-bond acceptors (Lipinski definition) is 5. The van der Waals surface area contributed by atoms with Crippen LogP contribution in [-0.2, 0) is 11.3 Å². The fraction of sp³-hybridized carbons (Fsp3) is 0.421. The summed E-state index contributed by atoms with van der Waals surface area (Å²) >= 11 is 11.5. The van der Waals surface area contributed by atoms with Gasteiger partial charge in [-0.1, -0.05) is 23.7 Å². The quantitative estimate of drug-likeness (QED) is 0.567. The molecule has 3 nitrogen and oxygen atoms in total. The van der Waals surface area contributed by atoms with Crippen molar-refractivity contribution in [2.45, 2.75) is 24.5 Å². The van der Waals surface area contributed by atoms with Crippen LogP contribution in [0.5, 0.6) is 5.75 Å². The zero-order valence-corrected chi connectivity index (χ0v) is 17.9. The maximum atomic E-state index is 12.4. The summed E-state index contributed by atoms with van der Waals surface area (Å²) in [5, 5.41) is 0. The largest absolute Gasteiger partial charge is 0.484 e. The number of carbonyl (C=O) groups excluding carboxylic acids is 1. The molecule has 0 saturated carbocycles. The molecule has 2 heterocycles. The lowest BCUT2D eigenvalue weighted by atomic mass is 10.2. The van der Waals surface area contributed by atoms with E-state index in [0.29, 0.717) is 17.7 Å². The first-order chi connectivity index (χ1) is 12.7. The van der Waals surface area contributed by atoms with Gasteiger partial charge < -0.3 is 9.64 Å². The van der Waals surface area contributed by atoms with Crippen molar-refractivity contribution in [3.8, 4) is 5.75 Å². The minimum atomic E-state index is -0.0144. The van der Waals surface area contributed by atoms with Crippen LogP contribution in [-0.4, -0.2) is 35.5 Å². The summed E-state index contributed by atoms with van der Waals surface area (Å²) < 4.78 is 6.97. The molecule has 26 heavy (non-hydrogen) atoms. The summed E-state index contributed by atoms with van der Waals surface area (Å²) in [6.07, 6.45) is 1.29. The van der Waals surface area contributed by atoms with E-state index in [9.17, 15) is 4.79 Å². The molecule has 0 bridgehead atoms. The van der Waals surface area contributed by atoms with E-state index in [4.69, 9.17) is 16.3 Å². The summed E-state index contributed by atoms with van der Waals surface area (Å²) in [7, 11) is 0. The molecule has 0 radical (unpaired) electrons. The van der Waals surface area contributed by atoms with Gasteiger partial charge in [0.25, 0.3) is 5.91 Å². The molecule has 0 atom stereocenters. The maximum Gasteiger partial charge on any atom is 0.260 e. The van der Waals surface area contributed by atoms with Crippen molar-refractivity contribution in [2.75, 3.05) is 24.7 Å². The van der Waals surface area contributed by atoms with E-state index in [1.807, 2.05) is 54.7 Å². The molecule has 1 amide bonds. The van der Waals surface area contributed by atoms with Crippen molar-refractivity contribution in [1.29, 1.82) is 0 Å². The second kappa shape index (κ2) is 9.93.